The Balaban J connectivity index is 1.54. The molecule has 1 aliphatic carbocycles. The number of nitrogens with one attached hydrogen (secondary N) is 1. The van der Waals surface area contributed by atoms with E-state index in [1.807, 2.05) is 24.3 Å². The Morgan fingerprint density at radius 2 is 2.07 bits per heavy atom. The molecule has 2 heterocycles. The predicted octanol–water partition coefficient (Wildman–Crippen LogP) is 3.03. The first-order valence-electron chi connectivity index (χ1n) is 8.62. The van der Waals surface area contributed by atoms with Gasteiger partial charge < -0.3 is 5.32 Å². The molecule has 4 rings (SSSR count). The average molecular weight is 448 g/mol. The second-order valence-electron chi connectivity index (χ2n) is 6.63. The Morgan fingerprint density at radius 3 is 2.78 bits per heavy atom. The molecule has 1 aliphatic rings. The van der Waals surface area contributed by atoms with Crippen molar-refractivity contribution in [3.63, 3.8) is 0 Å². The molecular weight excluding hydrogens is 430 g/mol. The average Bonchev–Trinajstić information content (AvgIpc) is 3.38. The SMILES string of the molecule is Cn1cc2nc(SCC(=O)Nc3ccc(Br)cc3)n(CC3CC3)c(=O)c2n1. The minimum Gasteiger partial charge on any atom is -0.325 e. The van der Waals surface area contributed by atoms with E-state index >= 15 is 0 Å². The third-order valence-electron chi connectivity index (χ3n) is 4.30. The molecule has 2 aromatic heterocycles. The number of anilines is 1. The number of carbonyl (C=O) groups excluding carboxylic acids is 1. The van der Waals surface area contributed by atoms with Crippen LogP contribution in [0.1, 0.15) is 12.8 Å². The van der Waals surface area contributed by atoms with E-state index in [0.29, 0.717) is 28.7 Å². The normalized spacial score (nSPS) is 13.9. The van der Waals surface area contributed by atoms with Crippen LogP contribution in [0.4, 0.5) is 5.69 Å². The molecule has 0 unspecified atom stereocenters. The highest BCUT2D eigenvalue weighted by molar-refractivity contribution is 9.10. The van der Waals surface area contributed by atoms with E-state index in [-0.39, 0.29) is 17.2 Å². The number of amides is 1. The van der Waals surface area contributed by atoms with Crippen molar-refractivity contribution in [1.82, 2.24) is 19.3 Å². The monoisotopic (exact) mass is 447 g/mol. The van der Waals surface area contributed by atoms with Crippen molar-refractivity contribution in [3.05, 3.63) is 45.3 Å². The van der Waals surface area contributed by atoms with Gasteiger partial charge in [0.2, 0.25) is 5.91 Å². The summed E-state index contributed by atoms with van der Waals surface area (Å²) >= 11 is 4.65. The Bertz CT molecular complexity index is 1060. The molecule has 1 fully saturated rings. The molecule has 7 nitrogen and oxygen atoms in total. The number of rotatable bonds is 6. The lowest BCUT2D eigenvalue weighted by atomic mass is 10.3. The lowest BCUT2D eigenvalue weighted by Gasteiger charge is -2.11. The number of benzene rings is 1. The van der Waals surface area contributed by atoms with Gasteiger partial charge in [-0.2, -0.15) is 5.10 Å². The molecule has 140 valence electrons. The fourth-order valence-electron chi connectivity index (χ4n) is 2.78. The van der Waals surface area contributed by atoms with Crippen LogP contribution in [-0.2, 0) is 18.4 Å². The van der Waals surface area contributed by atoms with Gasteiger partial charge in [0, 0.05) is 23.8 Å². The molecule has 0 saturated heterocycles. The van der Waals surface area contributed by atoms with Gasteiger partial charge in [-0.3, -0.25) is 18.8 Å². The van der Waals surface area contributed by atoms with Crippen LogP contribution in [0.25, 0.3) is 11.0 Å². The summed E-state index contributed by atoms with van der Waals surface area (Å²) in [5.74, 6) is 0.557. The van der Waals surface area contributed by atoms with Crippen molar-refractivity contribution < 1.29 is 4.79 Å². The first kappa shape index (κ1) is 18.2. The molecule has 9 heteroatoms. The zero-order chi connectivity index (χ0) is 19.0. The molecule has 0 bridgehead atoms. The van der Waals surface area contributed by atoms with Gasteiger partial charge >= 0.3 is 0 Å². The van der Waals surface area contributed by atoms with E-state index in [4.69, 9.17) is 0 Å². The number of hydrogen-bond acceptors (Lipinski definition) is 5. The van der Waals surface area contributed by atoms with E-state index in [1.165, 1.54) is 11.8 Å². The summed E-state index contributed by atoms with van der Waals surface area (Å²) in [4.78, 5) is 29.7. The predicted molar refractivity (Wildman–Crippen MR) is 109 cm³/mol. The van der Waals surface area contributed by atoms with E-state index < -0.39 is 0 Å². The fraction of sp³-hybridized carbons (Fsp3) is 0.333. The van der Waals surface area contributed by atoms with Gasteiger partial charge in [-0.1, -0.05) is 27.7 Å². The van der Waals surface area contributed by atoms with Crippen molar-refractivity contribution in [2.45, 2.75) is 24.5 Å². The van der Waals surface area contributed by atoms with Crippen LogP contribution in [0.2, 0.25) is 0 Å². The van der Waals surface area contributed by atoms with Gasteiger partial charge in [-0.05, 0) is 43.0 Å². The number of fused-ring (bicyclic) bond motifs is 1. The van der Waals surface area contributed by atoms with E-state index in [9.17, 15) is 9.59 Å². The highest BCUT2D eigenvalue weighted by atomic mass is 79.9. The maximum atomic E-state index is 12.8. The number of aromatic nitrogens is 4. The molecule has 0 aliphatic heterocycles. The Hall–Kier alpha value is -2.13. The zero-order valence-corrected chi connectivity index (χ0v) is 17.1. The minimum absolute atomic E-state index is 0.136. The Morgan fingerprint density at radius 1 is 1.33 bits per heavy atom. The van der Waals surface area contributed by atoms with E-state index in [2.05, 4.69) is 31.3 Å². The number of nitrogens with zero attached hydrogens (tertiary/aromatic N) is 4. The summed E-state index contributed by atoms with van der Waals surface area (Å²) in [5.41, 5.74) is 1.53. The summed E-state index contributed by atoms with van der Waals surface area (Å²) in [7, 11) is 1.77. The summed E-state index contributed by atoms with van der Waals surface area (Å²) in [5, 5.41) is 7.65. The number of aryl methyl sites for hydroxylation is 1. The molecular formula is C18H18BrN5O2S. The largest absolute Gasteiger partial charge is 0.325 e. The summed E-state index contributed by atoms with van der Waals surface area (Å²) in [6, 6.07) is 7.40. The van der Waals surface area contributed by atoms with Gasteiger partial charge in [0.05, 0.1) is 11.9 Å². The highest BCUT2D eigenvalue weighted by Gasteiger charge is 2.25. The Labute approximate surface area is 168 Å². The van der Waals surface area contributed by atoms with Gasteiger partial charge in [-0.15, -0.1) is 0 Å². The molecule has 27 heavy (non-hydrogen) atoms. The number of thioether (sulfide) groups is 1. The maximum Gasteiger partial charge on any atom is 0.282 e. The molecule has 1 N–H and O–H groups in total. The molecule has 1 aromatic carbocycles. The Kier molecular flexibility index (Phi) is 5.05. The van der Waals surface area contributed by atoms with Crippen LogP contribution < -0.4 is 10.9 Å². The quantitative estimate of drug-likeness (QED) is 0.463. The number of halogens is 1. The summed E-state index contributed by atoms with van der Waals surface area (Å²) in [6.45, 7) is 0.634. The first-order chi connectivity index (χ1) is 13.0. The van der Waals surface area contributed by atoms with Crippen molar-refractivity contribution in [2.75, 3.05) is 11.1 Å². The maximum absolute atomic E-state index is 12.8. The lowest BCUT2D eigenvalue weighted by molar-refractivity contribution is -0.113. The van der Waals surface area contributed by atoms with Crippen molar-refractivity contribution >= 4 is 50.3 Å². The number of carbonyl (C=O) groups is 1. The van der Waals surface area contributed by atoms with Gasteiger partial charge in [0.15, 0.2) is 10.7 Å². The molecule has 0 radical (unpaired) electrons. The molecule has 3 aromatic rings. The van der Waals surface area contributed by atoms with Crippen LogP contribution in [0.5, 0.6) is 0 Å². The second-order valence-corrected chi connectivity index (χ2v) is 8.49. The molecule has 1 amide bonds. The number of hydrogen-bond donors (Lipinski definition) is 1. The van der Waals surface area contributed by atoms with Crippen LogP contribution in [-0.4, -0.2) is 31.0 Å². The van der Waals surface area contributed by atoms with Gasteiger partial charge in [0.25, 0.3) is 5.56 Å². The van der Waals surface area contributed by atoms with E-state index in [1.54, 1.807) is 22.5 Å². The highest BCUT2D eigenvalue weighted by Crippen LogP contribution is 2.31. The first-order valence-corrected chi connectivity index (χ1v) is 10.4. The van der Waals surface area contributed by atoms with Crippen molar-refractivity contribution in [2.24, 2.45) is 13.0 Å². The topological polar surface area (TPSA) is 81.8 Å². The van der Waals surface area contributed by atoms with Crippen LogP contribution in [0.3, 0.4) is 0 Å². The van der Waals surface area contributed by atoms with Crippen LogP contribution in [0.15, 0.2) is 44.9 Å². The summed E-state index contributed by atoms with van der Waals surface area (Å²) in [6.07, 6.45) is 3.98. The van der Waals surface area contributed by atoms with Crippen LogP contribution >= 0.6 is 27.7 Å². The molecule has 0 spiro atoms. The molecule has 0 atom stereocenters. The van der Waals surface area contributed by atoms with Gasteiger partial charge in [-0.25, -0.2) is 4.98 Å². The van der Waals surface area contributed by atoms with Crippen LogP contribution in [0, 0.1) is 5.92 Å². The van der Waals surface area contributed by atoms with E-state index in [0.717, 1.165) is 23.0 Å². The minimum atomic E-state index is -0.138. The zero-order valence-electron chi connectivity index (χ0n) is 14.7. The fourth-order valence-corrected chi connectivity index (χ4v) is 3.85. The van der Waals surface area contributed by atoms with Gasteiger partial charge in [0.1, 0.15) is 5.52 Å². The van der Waals surface area contributed by atoms with Crippen molar-refractivity contribution in [3.8, 4) is 0 Å². The third kappa shape index (κ3) is 4.24. The van der Waals surface area contributed by atoms with Crippen molar-refractivity contribution in [1.29, 1.82) is 0 Å². The third-order valence-corrected chi connectivity index (χ3v) is 5.81. The second kappa shape index (κ2) is 7.47. The smallest absolute Gasteiger partial charge is 0.282 e. The standard InChI is InChI=1S/C18H18BrN5O2S/c1-23-9-14-16(22-23)17(26)24(8-11-2-3-11)18(21-14)27-10-15(25)20-13-6-4-12(19)5-7-13/h4-7,9,11H,2-3,8,10H2,1H3,(H,20,25). The lowest BCUT2D eigenvalue weighted by Crippen LogP contribution is -2.25. The summed E-state index contributed by atoms with van der Waals surface area (Å²) < 4.78 is 4.22. The molecule has 1 saturated carbocycles.